The number of hydrogen-bond donors (Lipinski definition) is 2. The summed E-state index contributed by atoms with van der Waals surface area (Å²) in [5.41, 5.74) is 6.71. The minimum Gasteiger partial charge on any atom is -0.324 e. The van der Waals surface area contributed by atoms with E-state index in [1.54, 1.807) is 25.3 Å². The van der Waals surface area contributed by atoms with Crippen molar-refractivity contribution in [3.8, 4) is 0 Å². The highest BCUT2D eigenvalue weighted by Gasteiger charge is 2.17. The Labute approximate surface area is 123 Å². The van der Waals surface area contributed by atoms with Crippen LogP contribution in [0.3, 0.4) is 0 Å². The fourth-order valence-electron chi connectivity index (χ4n) is 1.58. The van der Waals surface area contributed by atoms with Crippen molar-refractivity contribution in [1.82, 2.24) is 4.72 Å². The highest BCUT2D eigenvalue weighted by molar-refractivity contribution is 7.89. The van der Waals surface area contributed by atoms with Crippen molar-refractivity contribution in [3.05, 3.63) is 29.8 Å². The summed E-state index contributed by atoms with van der Waals surface area (Å²) in [6.07, 6.45) is 2.29. The number of rotatable bonds is 7. The molecular weight excluding hydrogens is 296 g/mol. The van der Waals surface area contributed by atoms with Crippen LogP contribution >= 0.6 is 0 Å². The Morgan fingerprint density at radius 2 is 2.05 bits per heavy atom. The monoisotopic (exact) mass is 318 g/mol. The molecule has 0 spiro atoms. The number of benzene rings is 1. The summed E-state index contributed by atoms with van der Waals surface area (Å²) < 4.78 is 38.1. The summed E-state index contributed by atoms with van der Waals surface area (Å²) in [5, 5.41) is -0.231. The average Bonchev–Trinajstić information content (AvgIpc) is 2.43. The molecule has 0 aliphatic heterocycles. The maximum absolute atomic E-state index is 12.2. The normalized spacial score (nSPS) is 16.6. The van der Waals surface area contributed by atoms with E-state index in [-0.39, 0.29) is 22.7 Å². The van der Waals surface area contributed by atoms with Gasteiger partial charge in [-0.25, -0.2) is 13.1 Å². The van der Waals surface area contributed by atoms with Crippen LogP contribution in [0.1, 0.15) is 31.9 Å². The highest BCUT2D eigenvalue weighted by atomic mass is 32.2. The lowest BCUT2D eigenvalue weighted by Gasteiger charge is -2.13. The van der Waals surface area contributed by atoms with Gasteiger partial charge < -0.3 is 5.73 Å². The van der Waals surface area contributed by atoms with Gasteiger partial charge in [0.15, 0.2) is 0 Å². The third-order valence-corrected chi connectivity index (χ3v) is 5.88. The lowest BCUT2D eigenvalue weighted by Crippen LogP contribution is -2.32. The van der Waals surface area contributed by atoms with Crippen molar-refractivity contribution < 1.29 is 12.6 Å². The fourth-order valence-corrected chi connectivity index (χ4v) is 3.18. The molecule has 1 aromatic rings. The molecule has 1 aromatic carbocycles. The van der Waals surface area contributed by atoms with Crippen molar-refractivity contribution in [2.45, 2.75) is 36.5 Å². The first kappa shape index (κ1) is 17.3. The van der Waals surface area contributed by atoms with E-state index < -0.39 is 20.8 Å². The van der Waals surface area contributed by atoms with Gasteiger partial charge >= 0.3 is 0 Å². The smallest absolute Gasteiger partial charge is 0.240 e. The SMILES string of the molecule is CCC(N)c1cccc(S(=O)(=O)NCC(C)S(C)=O)c1. The third-order valence-electron chi connectivity index (χ3n) is 3.16. The molecule has 20 heavy (non-hydrogen) atoms. The number of nitrogens with one attached hydrogen (secondary N) is 1. The quantitative estimate of drug-likeness (QED) is 0.789. The van der Waals surface area contributed by atoms with Crippen molar-refractivity contribution >= 4 is 20.8 Å². The molecule has 0 radical (unpaired) electrons. The van der Waals surface area contributed by atoms with Crippen molar-refractivity contribution in [2.24, 2.45) is 5.73 Å². The lowest BCUT2D eigenvalue weighted by atomic mass is 10.1. The predicted octanol–water partition coefficient (Wildman–Crippen LogP) is 1.14. The van der Waals surface area contributed by atoms with Crippen LogP contribution in [-0.2, 0) is 20.8 Å². The largest absolute Gasteiger partial charge is 0.324 e. The van der Waals surface area contributed by atoms with Crippen LogP contribution in [-0.4, -0.2) is 30.7 Å². The van der Waals surface area contributed by atoms with Gasteiger partial charge in [0.05, 0.1) is 4.90 Å². The summed E-state index contributed by atoms with van der Waals surface area (Å²) in [6, 6.07) is 6.44. The lowest BCUT2D eigenvalue weighted by molar-refractivity contribution is 0.580. The zero-order valence-electron chi connectivity index (χ0n) is 12.0. The number of hydrogen-bond acceptors (Lipinski definition) is 4. The van der Waals surface area contributed by atoms with Crippen LogP contribution in [0.25, 0.3) is 0 Å². The molecule has 114 valence electrons. The second kappa shape index (κ2) is 7.31. The van der Waals surface area contributed by atoms with Gasteiger partial charge in [-0.05, 0) is 31.0 Å². The van der Waals surface area contributed by atoms with E-state index in [4.69, 9.17) is 5.73 Å². The molecular formula is C13H22N2O3S2. The summed E-state index contributed by atoms with van der Waals surface area (Å²) in [6.45, 7) is 3.83. The Morgan fingerprint density at radius 3 is 2.60 bits per heavy atom. The van der Waals surface area contributed by atoms with Crippen LogP contribution in [0.5, 0.6) is 0 Å². The second-order valence-corrected chi connectivity index (χ2v) is 8.32. The molecule has 0 aromatic heterocycles. The van der Waals surface area contributed by atoms with E-state index >= 15 is 0 Å². The van der Waals surface area contributed by atoms with Crippen LogP contribution in [0, 0.1) is 0 Å². The molecule has 0 amide bonds. The van der Waals surface area contributed by atoms with Gasteiger partial charge in [0, 0.05) is 34.9 Å². The van der Waals surface area contributed by atoms with E-state index in [1.807, 2.05) is 13.0 Å². The minimum absolute atomic E-state index is 0.148. The molecule has 0 aliphatic carbocycles. The van der Waals surface area contributed by atoms with E-state index in [2.05, 4.69) is 4.72 Å². The molecule has 0 saturated heterocycles. The molecule has 0 bridgehead atoms. The number of sulfonamides is 1. The maximum Gasteiger partial charge on any atom is 0.240 e. The molecule has 3 unspecified atom stereocenters. The second-order valence-electron chi connectivity index (χ2n) is 4.75. The fraction of sp³-hybridized carbons (Fsp3) is 0.538. The van der Waals surface area contributed by atoms with Crippen molar-refractivity contribution in [3.63, 3.8) is 0 Å². The van der Waals surface area contributed by atoms with Crippen LogP contribution in [0.4, 0.5) is 0 Å². The first-order valence-electron chi connectivity index (χ1n) is 6.45. The molecule has 0 fully saturated rings. The molecule has 1 rings (SSSR count). The molecule has 7 heteroatoms. The van der Waals surface area contributed by atoms with Gasteiger partial charge in [0.1, 0.15) is 0 Å². The van der Waals surface area contributed by atoms with Crippen molar-refractivity contribution in [2.75, 3.05) is 12.8 Å². The van der Waals surface area contributed by atoms with E-state index in [0.717, 1.165) is 12.0 Å². The van der Waals surface area contributed by atoms with Gasteiger partial charge in [-0.1, -0.05) is 19.1 Å². The van der Waals surface area contributed by atoms with Crippen LogP contribution in [0.15, 0.2) is 29.2 Å². The molecule has 3 atom stereocenters. The average molecular weight is 318 g/mol. The van der Waals surface area contributed by atoms with Gasteiger partial charge in [-0.15, -0.1) is 0 Å². The standard InChI is InChI=1S/C13H22N2O3S2/c1-4-13(14)11-6-5-7-12(8-11)20(17,18)15-9-10(2)19(3)16/h5-8,10,13,15H,4,9,14H2,1-3H3. The summed E-state index contributed by atoms with van der Waals surface area (Å²) >= 11 is 0. The van der Waals surface area contributed by atoms with Gasteiger partial charge in [-0.3, -0.25) is 4.21 Å². The first-order chi connectivity index (χ1) is 9.27. The van der Waals surface area contributed by atoms with E-state index in [1.165, 1.54) is 6.07 Å². The molecule has 5 nitrogen and oxygen atoms in total. The summed E-state index contributed by atoms with van der Waals surface area (Å²) in [5.74, 6) is 0. The predicted molar refractivity (Wildman–Crippen MR) is 82.4 cm³/mol. The van der Waals surface area contributed by atoms with Gasteiger partial charge in [-0.2, -0.15) is 0 Å². The van der Waals surface area contributed by atoms with Gasteiger partial charge in [0.25, 0.3) is 0 Å². The van der Waals surface area contributed by atoms with Crippen LogP contribution < -0.4 is 10.5 Å². The molecule has 0 heterocycles. The Hall–Kier alpha value is -0.760. The van der Waals surface area contributed by atoms with E-state index in [0.29, 0.717) is 0 Å². The van der Waals surface area contributed by atoms with E-state index in [9.17, 15) is 12.6 Å². The maximum atomic E-state index is 12.2. The Kier molecular flexibility index (Phi) is 6.32. The first-order valence-corrected chi connectivity index (χ1v) is 9.55. The Balaban J connectivity index is 2.90. The molecule has 0 aliphatic rings. The minimum atomic E-state index is -3.59. The van der Waals surface area contributed by atoms with Crippen LogP contribution in [0.2, 0.25) is 0 Å². The highest BCUT2D eigenvalue weighted by Crippen LogP contribution is 2.18. The Bertz CT molecular complexity index is 573. The zero-order chi connectivity index (χ0) is 15.3. The Morgan fingerprint density at radius 1 is 1.40 bits per heavy atom. The zero-order valence-corrected chi connectivity index (χ0v) is 13.6. The third kappa shape index (κ3) is 4.66. The molecule has 0 saturated carbocycles. The summed E-state index contributed by atoms with van der Waals surface area (Å²) in [7, 11) is -4.65. The van der Waals surface area contributed by atoms with Gasteiger partial charge in [0.2, 0.25) is 10.0 Å². The van der Waals surface area contributed by atoms with Crippen molar-refractivity contribution in [1.29, 1.82) is 0 Å². The summed E-state index contributed by atoms with van der Waals surface area (Å²) in [4.78, 5) is 0.188. The topological polar surface area (TPSA) is 89.3 Å². The molecule has 3 N–H and O–H groups in total. The number of nitrogens with two attached hydrogens (primary N) is 1.